The Balaban J connectivity index is 2.00. The molecule has 2 rings (SSSR count). The van der Waals surface area contributed by atoms with Crippen molar-refractivity contribution in [2.24, 2.45) is 0 Å². The molecule has 0 fully saturated rings. The van der Waals surface area contributed by atoms with Gasteiger partial charge in [-0.2, -0.15) is 0 Å². The van der Waals surface area contributed by atoms with E-state index >= 15 is 0 Å². The second kappa shape index (κ2) is 7.32. The zero-order valence-electron chi connectivity index (χ0n) is 13.3. The van der Waals surface area contributed by atoms with Crippen molar-refractivity contribution in [1.82, 2.24) is 10.3 Å². The summed E-state index contributed by atoms with van der Waals surface area (Å²) in [5, 5.41) is 16.9. The van der Waals surface area contributed by atoms with Gasteiger partial charge in [-0.3, -0.25) is 14.9 Å². The number of aromatic nitrogens is 1. The summed E-state index contributed by atoms with van der Waals surface area (Å²) in [6.07, 6.45) is 0.606. The van der Waals surface area contributed by atoms with E-state index in [1.54, 1.807) is 30.4 Å². The van der Waals surface area contributed by atoms with Crippen LogP contribution in [0.2, 0.25) is 0 Å². The molecule has 6 nitrogen and oxygen atoms in total. The molecule has 0 saturated carbocycles. The summed E-state index contributed by atoms with van der Waals surface area (Å²) in [6.45, 7) is 6.19. The highest BCUT2D eigenvalue weighted by Crippen LogP contribution is 2.23. The largest absolute Gasteiger partial charge is 0.351 e. The van der Waals surface area contributed by atoms with E-state index in [9.17, 15) is 14.9 Å². The molecule has 7 heteroatoms. The Labute approximate surface area is 138 Å². The summed E-state index contributed by atoms with van der Waals surface area (Å²) in [6, 6.07) is 4.74. The lowest BCUT2D eigenvalue weighted by molar-refractivity contribution is -0.385. The number of nitro benzene ring substituents is 1. The second-order valence-electron chi connectivity index (χ2n) is 5.57. The number of nitrogens with one attached hydrogen (secondary N) is 1. The van der Waals surface area contributed by atoms with Gasteiger partial charge in [-0.05, 0) is 13.0 Å². The quantitative estimate of drug-likeness (QED) is 0.648. The summed E-state index contributed by atoms with van der Waals surface area (Å²) >= 11 is 1.61. The third-order valence-electron chi connectivity index (χ3n) is 3.40. The fraction of sp³-hybridized carbons (Fsp3) is 0.375. The third kappa shape index (κ3) is 4.13. The molecule has 0 spiro atoms. The first-order chi connectivity index (χ1) is 10.9. The van der Waals surface area contributed by atoms with Crippen molar-refractivity contribution < 1.29 is 9.72 Å². The molecule has 2 aromatic rings. The first-order valence-electron chi connectivity index (χ1n) is 7.36. The highest BCUT2D eigenvalue weighted by atomic mass is 32.1. The number of carbonyl (C=O) groups excluding carboxylic acids is 1. The number of thiazole rings is 1. The van der Waals surface area contributed by atoms with Gasteiger partial charge in [-0.1, -0.05) is 26.0 Å². The van der Waals surface area contributed by atoms with Crippen molar-refractivity contribution in [3.8, 4) is 0 Å². The third-order valence-corrected chi connectivity index (χ3v) is 4.59. The Morgan fingerprint density at radius 1 is 1.43 bits per heavy atom. The SMILES string of the molecule is Cc1cccc(C(=O)NCCc2csc(C(C)C)n2)c1[N+](=O)[O-]. The monoisotopic (exact) mass is 333 g/mol. The fourth-order valence-electron chi connectivity index (χ4n) is 2.19. The van der Waals surface area contributed by atoms with Gasteiger partial charge in [0, 0.05) is 29.8 Å². The lowest BCUT2D eigenvalue weighted by Gasteiger charge is -2.06. The van der Waals surface area contributed by atoms with Crippen LogP contribution in [0.1, 0.15) is 46.4 Å². The molecule has 1 heterocycles. The molecule has 0 saturated heterocycles. The number of hydrogen-bond acceptors (Lipinski definition) is 5. The maximum atomic E-state index is 12.2. The molecule has 0 unspecified atom stereocenters. The van der Waals surface area contributed by atoms with Crippen LogP contribution in [0.4, 0.5) is 5.69 Å². The Morgan fingerprint density at radius 3 is 2.78 bits per heavy atom. The van der Waals surface area contributed by atoms with Gasteiger partial charge in [-0.25, -0.2) is 4.98 Å². The minimum absolute atomic E-state index is 0.0937. The van der Waals surface area contributed by atoms with Crippen molar-refractivity contribution in [3.05, 3.63) is 55.5 Å². The molecular formula is C16H19N3O3S. The standard InChI is InChI=1S/C16H19N3O3S/c1-10(2)16-18-12(9-23-16)7-8-17-15(20)13-6-4-5-11(3)14(13)19(21)22/h4-6,9-10H,7-8H2,1-3H3,(H,17,20). The maximum Gasteiger partial charge on any atom is 0.285 e. The van der Waals surface area contributed by atoms with Crippen LogP contribution in [0.5, 0.6) is 0 Å². The van der Waals surface area contributed by atoms with E-state index in [0.29, 0.717) is 24.4 Å². The molecule has 0 atom stereocenters. The van der Waals surface area contributed by atoms with Gasteiger partial charge in [0.15, 0.2) is 0 Å². The summed E-state index contributed by atoms with van der Waals surface area (Å²) in [5.74, 6) is -0.0435. The van der Waals surface area contributed by atoms with E-state index in [-0.39, 0.29) is 11.3 Å². The summed E-state index contributed by atoms with van der Waals surface area (Å²) in [5.41, 5.74) is 1.36. The first kappa shape index (κ1) is 17.1. The molecule has 0 aliphatic carbocycles. The molecule has 0 aliphatic heterocycles. The van der Waals surface area contributed by atoms with Crippen molar-refractivity contribution in [3.63, 3.8) is 0 Å². The fourth-order valence-corrected chi connectivity index (χ4v) is 3.06. The zero-order valence-corrected chi connectivity index (χ0v) is 14.1. The van der Waals surface area contributed by atoms with Crippen LogP contribution in [0.25, 0.3) is 0 Å². The lowest BCUT2D eigenvalue weighted by Crippen LogP contribution is -2.26. The number of rotatable bonds is 6. The van der Waals surface area contributed by atoms with Crippen molar-refractivity contribution >= 4 is 22.9 Å². The van der Waals surface area contributed by atoms with Gasteiger partial charge < -0.3 is 5.32 Å². The average molecular weight is 333 g/mol. The predicted molar refractivity (Wildman–Crippen MR) is 90.1 cm³/mol. The van der Waals surface area contributed by atoms with Crippen molar-refractivity contribution in [1.29, 1.82) is 0 Å². The first-order valence-corrected chi connectivity index (χ1v) is 8.24. The van der Waals surface area contributed by atoms with Crippen LogP contribution in [-0.2, 0) is 6.42 Å². The molecule has 1 aromatic carbocycles. The number of aryl methyl sites for hydroxylation is 1. The van der Waals surface area contributed by atoms with Crippen molar-refractivity contribution in [2.45, 2.75) is 33.1 Å². The van der Waals surface area contributed by atoms with Gasteiger partial charge >= 0.3 is 0 Å². The van der Waals surface area contributed by atoms with Crippen LogP contribution >= 0.6 is 11.3 Å². The Kier molecular flexibility index (Phi) is 5.44. The Hall–Kier alpha value is -2.28. The number of benzene rings is 1. The average Bonchev–Trinajstić information content (AvgIpc) is 2.95. The minimum atomic E-state index is -0.514. The Morgan fingerprint density at radius 2 is 2.17 bits per heavy atom. The van der Waals surface area contributed by atoms with E-state index in [4.69, 9.17) is 0 Å². The van der Waals surface area contributed by atoms with E-state index in [1.807, 2.05) is 5.38 Å². The molecular weight excluding hydrogens is 314 g/mol. The van der Waals surface area contributed by atoms with E-state index in [2.05, 4.69) is 24.1 Å². The number of hydrogen-bond donors (Lipinski definition) is 1. The van der Waals surface area contributed by atoms with Crippen molar-refractivity contribution in [2.75, 3.05) is 6.54 Å². The minimum Gasteiger partial charge on any atom is -0.351 e. The molecule has 0 aliphatic rings. The summed E-state index contributed by atoms with van der Waals surface area (Å²) < 4.78 is 0. The predicted octanol–water partition coefficient (Wildman–Crippen LogP) is 3.46. The number of nitro groups is 1. The van der Waals surface area contributed by atoms with E-state index < -0.39 is 10.8 Å². The zero-order chi connectivity index (χ0) is 17.0. The molecule has 1 aromatic heterocycles. The summed E-state index contributed by atoms with van der Waals surface area (Å²) in [7, 11) is 0. The van der Waals surface area contributed by atoms with E-state index in [0.717, 1.165) is 10.7 Å². The Bertz CT molecular complexity index is 725. The van der Waals surface area contributed by atoms with Gasteiger partial charge in [0.25, 0.3) is 11.6 Å². The van der Waals surface area contributed by atoms with Gasteiger partial charge in [0.1, 0.15) is 5.56 Å². The van der Waals surface area contributed by atoms with Gasteiger partial charge in [-0.15, -0.1) is 11.3 Å². The molecule has 122 valence electrons. The smallest absolute Gasteiger partial charge is 0.285 e. The van der Waals surface area contributed by atoms with Crippen LogP contribution in [0.15, 0.2) is 23.6 Å². The number of amides is 1. The van der Waals surface area contributed by atoms with E-state index in [1.165, 1.54) is 6.07 Å². The number of para-hydroxylation sites is 1. The lowest BCUT2D eigenvalue weighted by atomic mass is 10.1. The number of nitrogens with zero attached hydrogens (tertiary/aromatic N) is 2. The van der Waals surface area contributed by atoms with Crippen LogP contribution in [0.3, 0.4) is 0 Å². The summed E-state index contributed by atoms with van der Waals surface area (Å²) in [4.78, 5) is 27.3. The molecule has 1 amide bonds. The maximum absolute atomic E-state index is 12.2. The van der Waals surface area contributed by atoms with Gasteiger partial charge in [0.2, 0.25) is 0 Å². The van der Waals surface area contributed by atoms with Gasteiger partial charge in [0.05, 0.1) is 15.6 Å². The topological polar surface area (TPSA) is 85.1 Å². The van der Waals surface area contributed by atoms with Crippen LogP contribution < -0.4 is 5.32 Å². The molecule has 0 bridgehead atoms. The molecule has 23 heavy (non-hydrogen) atoms. The molecule has 0 radical (unpaired) electrons. The second-order valence-corrected chi connectivity index (χ2v) is 6.46. The highest BCUT2D eigenvalue weighted by molar-refractivity contribution is 7.09. The number of carbonyl (C=O) groups is 1. The molecule has 1 N–H and O–H groups in total. The van der Waals surface area contributed by atoms with Crippen LogP contribution in [0, 0.1) is 17.0 Å². The normalized spacial score (nSPS) is 10.8. The highest BCUT2D eigenvalue weighted by Gasteiger charge is 2.22. The van der Waals surface area contributed by atoms with Crippen LogP contribution in [-0.4, -0.2) is 22.4 Å².